The zero-order valence-corrected chi connectivity index (χ0v) is 13.6. The van der Waals surface area contributed by atoms with Gasteiger partial charge in [-0.1, -0.05) is 23.7 Å². The van der Waals surface area contributed by atoms with Crippen LogP contribution < -0.4 is 5.32 Å². The first-order chi connectivity index (χ1) is 11.3. The first-order valence-corrected chi connectivity index (χ1v) is 8.22. The van der Waals surface area contributed by atoms with Crippen molar-refractivity contribution in [2.45, 2.75) is 6.54 Å². The Balaban J connectivity index is 1.58. The van der Waals surface area contributed by atoms with Gasteiger partial charge in [0.15, 0.2) is 4.47 Å². The first kappa shape index (κ1) is 14.2. The van der Waals surface area contributed by atoms with Crippen LogP contribution in [-0.2, 0) is 6.54 Å². The van der Waals surface area contributed by atoms with Crippen molar-refractivity contribution in [2.24, 2.45) is 0 Å². The normalized spacial score (nSPS) is 11.0. The number of nitrogens with one attached hydrogen (secondary N) is 1. The fourth-order valence-corrected chi connectivity index (χ4v) is 3.23. The molecule has 0 saturated carbocycles. The maximum Gasteiger partial charge on any atom is 0.234 e. The van der Waals surface area contributed by atoms with Gasteiger partial charge < -0.3 is 5.32 Å². The molecule has 1 N–H and O–H groups in total. The number of benzene rings is 1. The zero-order chi connectivity index (χ0) is 15.6. The Morgan fingerprint density at radius 1 is 1.22 bits per heavy atom. The van der Waals surface area contributed by atoms with Crippen molar-refractivity contribution in [3.05, 3.63) is 64.5 Å². The lowest BCUT2D eigenvalue weighted by molar-refractivity contribution is 1.11. The molecule has 0 spiro atoms. The molecule has 0 radical (unpaired) electrons. The molecule has 0 unspecified atom stereocenters. The van der Waals surface area contributed by atoms with Crippen molar-refractivity contribution in [3.63, 3.8) is 0 Å². The summed E-state index contributed by atoms with van der Waals surface area (Å²) in [5.41, 5.74) is 2.97. The van der Waals surface area contributed by atoms with Gasteiger partial charge >= 0.3 is 0 Å². The van der Waals surface area contributed by atoms with Crippen LogP contribution in [0.4, 0.5) is 5.69 Å². The highest BCUT2D eigenvalue weighted by Crippen LogP contribution is 2.23. The van der Waals surface area contributed by atoms with Gasteiger partial charge in [-0.2, -0.15) is 0 Å². The molecule has 4 aromatic rings. The molecule has 114 valence electrons. The van der Waals surface area contributed by atoms with E-state index in [-0.39, 0.29) is 0 Å². The number of imidazole rings is 1. The van der Waals surface area contributed by atoms with Gasteiger partial charge in [-0.3, -0.25) is 4.40 Å². The number of thiazole rings is 1. The topological polar surface area (TPSA) is 55.1 Å². The molecule has 0 aliphatic carbocycles. The molecule has 5 nitrogen and oxygen atoms in total. The minimum absolute atomic E-state index is 0.563. The first-order valence-electron chi connectivity index (χ1n) is 7.02. The second-order valence-electron chi connectivity index (χ2n) is 4.97. The number of hydrogen-bond acceptors (Lipinski definition) is 5. The molecule has 0 aliphatic rings. The average molecular weight is 342 g/mol. The molecule has 0 saturated heterocycles. The molecule has 0 amide bonds. The number of fused-ring (bicyclic) bond motifs is 1. The predicted octanol–water partition coefficient (Wildman–Crippen LogP) is 4.12. The number of rotatable bonds is 4. The molecule has 7 heteroatoms. The monoisotopic (exact) mass is 341 g/mol. The summed E-state index contributed by atoms with van der Waals surface area (Å²) in [4.78, 5) is 13.9. The van der Waals surface area contributed by atoms with E-state index in [0.29, 0.717) is 16.8 Å². The Kier molecular flexibility index (Phi) is 3.69. The van der Waals surface area contributed by atoms with E-state index in [2.05, 4.69) is 26.3 Å². The molecule has 3 aromatic heterocycles. The summed E-state index contributed by atoms with van der Waals surface area (Å²) in [6.07, 6.45) is 7.45. The number of anilines is 1. The van der Waals surface area contributed by atoms with Gasteiger partial charge in [0, 0.05) is 40.9 Å². The van der Waals surface area contributed by atoms with Gasteiger partial charge in [-0.05, 0) is 18.2 Å². The average Bonchev–Trinajstić information content (AvgIpc) is 3.19. The third-order valence-corrected chi connectivity index (χ3v) is 4.50. The van der Waals surface area contributed by atoms with E-state index in [1.54, 1.807) is 12.4 Å². The summed E-state index contributed by atoms with van der Waals surface area (Å²) < 4.78 is 2.47. The van der Waals surface area contributed by atoms with Gasteiger partial charge in [-0.25, -0.2) is 15.0 Å². The summed E-state index contributed by atoms with van der Waals surface area (Å²) in [6, 6.07) is 10.0. The van der Waals surface area contributed by atoms with Crippen LogP contribution in [0.25, 0.3) is 17.0 Å². The molecule has 0 fully saturated rings. The molecule has 23 heavy (non-hydrogen) atoms. The summed E-state index contributed by atoms with van der Waals surface area (Å²) in [6.45, 7) is 0.695. The van der Waals surface area contributed by atoms with E-state index in [4.69, 9.17) is 11.6 Å². The third-order valence-electron chi connectivity index (χ3n) is 3.39. The maximum absolute atomic E-state index is 5.85. The molecule has 0 aliphatic heterocycles. The van der Waals surface area contributed by atoms with E-state index in [0.717, 1.165) is 21.8 Å². The summed E-state index contributed by atoms with van der Waals surface area (Å²) in [5.74, 6) is 0.695. The summed E-state index contributed by atoms with van der Waals surface area (Å²) in [5, 5.41) is 3.38. The molecular formula is C16H12ClN5S. The van der Waals surface area contributed by atoms with Crippen LogP contribution in [0.3, 0.4) is 0 Å². The van der Waals surface area contributed by atoms with Crippen molar-refractivity contribution in [3.8, 4) is 11.3 Å². The van der Waals surface area contributed by atoms with Gasteiger partial charge in [0.1, 0.15) is 0 Å². The highest BCUT2D eigenvalue weighted by atomic mass is 35.5. The lowest BCUT2D eigenvalue weighted by Gasteiger charge is -2.06. The van der Waals surface area contributed by atoms with E-state index >= 15 is 0 Å². The SMILES string of the molecule is Clc1ncc(CNc2cccc(-c3cn4cccnc4n3)c2)s1. The van der Waals surface area contributed by atoms with Crippen LogP contribution in [0.2, 0.25) is 4.47 Å². The standard InChI is InChI=1S/C16H12ClN5S/c17-15-20-9-13(23-15)8-19-12-4-1-3-11(7-12)14-10-22-6-2-5-18-16(22)21-14/h1-7,9-10,19H,8H2. The number of aromatic nitrogens is 4. The highest BCUT2D eigenvalue weighted by molar-refractivity contribution is 7.15. The highest BCUT2D eigenvalue weighted by Gasteiger charge is 2.06. The Morgan fingerprint density at radius 2 is 2.17 bits per heavy atom. The second-order valence-corrected chi connectivity index (χ2v) is 6.66. The lowest BCUT2D eigenvalue weighted by Crippen LogP contribution is -1.97. The van der Waals surface area contributed by atoms with Gasteiger partial charge in [0.2, 0.25) is 5.78 Å². The van der Waals surface area contributed by atoms with Gasteiger partial charge in [0.25, 0.3) is 0 Å². The van der Waals surface area contributed by atoms with E-state index in [9.17, 15) is 0 Å². The minimum atomic E-state index is 0.563. The smallest absolute Gasteiger partial charge is 0.234 e. The van der Waals surface area contributed by atoms with E-state index in [1.807, 2.05) is 41.1 Å². The predicted molar refractivity (Wildman–Crippen MR) is 92.9 cm³/mol. The number of nitrogens with zero attached hydrogens (tertiary/aromatic N) is 4. The van der Waals surface area contributed by atoms with E-state index < -0.39 is 0 Å². The molecular weight excluding hydrogens is 330 g/mol. The molecule has 0 bridgehead atoms. The number of halogens is 1. The van der Waals surface area contributed by atoms with Crippen LogP contribution in [0.5, 0.6) is 0 Å². The zero-order valence-electron chi connectivity index (χ0n) is 12.0. The van der Waals surface area contributed by atoms with Gasteiger partial charge in [-0.15, -0.1) is 11.3 Å². The second kappa shape index (κ2) is 5.98. The van der Waals surface area contributed by atoms with Crippen LogP contribution in [0, 0.1) is 0 Å². The Hall–Kier alpha value is -2.44. The van der Waals surface area contributed by atoms with Crippen molar-refractivity contribution >= 4 is 34.4 Å². The van der Waals surface area contributed by atoms with Crippen LogP contribution >= 0.6 is 22.9 Å². The van der Waals surface area contributed by atoms with Crippen molar-refractivity contribution in [2.75, 3.05) is 5.32 Å². The molecule has 3 heterocycles. The maximum atomic E-state index is 5.85. The fourth-order valence-electron chi connectivity index (χ4n) is 2.31. The molecule has 0 atom stereocenters. The van der Waals surface area contributed by atoms with Crippen LogP contribution in [-0.4, -0.2) is 19.4 Å². The minimum Gasteiger partial charge on any atom is -0.380 e. The Morgan fingerprint density at radius 3 is 3.00 bits per heavy atom. The van der Waals surface area contributed by atoms with E-state index in [1.165, 1.54) is 11.3 Å². The third kappa shape index (κ3) is 3.04. The van der Waals surface area contributed by atoms with Crippen molar-refractivity contribution in [1.82, 2.24) is 19.4 Å². The fraction of sp³-hybridized carbons (Fsp3) is 0.0625. The summed E-state index contributed by atoms with van der Waals surface area (Å²) >= 11 is 7.33. The lowest BCUT2D eigenvalue weighted by atomic mass is 10.1. The molecule has 1 aromatic carbocycles. The van der Waals surface area contributed by atoms with Gasteiger partial charge in [0.05, 0.1) is 12.2 Å². The Bertz CT molecular complexity index is 929. The molecule has 4 rings (SSSR count). The van der Waals surface area contributed by atoms with Crippen LogP contribution in [0.15, 0.2) is 55.1 Å². The largest absolute Gasteiger partial charge is 0.380 e. The van der Waals surface area contributed by atoms with Crippen molar-refractivity contribution < 1.29 is 0 Å². The van der Waals surface area contributed by atoms with Crippen molar-refractivity contribution in [1.29, 1.82) is 0 Å². The number of hydrogen-bond donors (Lipinski definition) is 1. The Labute approximate surface area is 141 Å². The van der Waals surface area contributed by atoms with Crippen LogP contribution in [0.1, 0.15) is 4.88 Å². The summed E-state index contributed by atoms with van der Waals surface area (Å²) in [7, 11) is 0. The quantitative estimate of drug-likeness (QED) is 0.606.